The second-order valence-electron chi connectivity index (χ2n) is 5.68. The van der Waals surface area contributed by atoms with Crippen LogP contribution in [-0.2, 0) is 16.1 Å². The van der Waals surface area contributed by atoms with Crippen molar-refractivity contribution in [3.05, 3.63) is 35.9 Å². The summed E-state index contributed by atoms with van der Waals surface area (Å²) < 4.78 is 41.6. The summed E-state index contributed by atoms with van der Waals surface area (Å²) in [5.74, 6) is -2.00. The van der Waals surface area contributed by atoms with Crippen LogP contribution in [-0.4, -0.2) is 42.7 Å². The first-order valence-corrected chi connectivity index (χ1v) is 7.67. The van der Waals surface area contributed by atoms with Crippen LogP contribution in [0.15, 0.2) is 30.3 Å². The van der Waals surface area contributed by atoms with Crippen LogP contribution in [0.1, 0.15) is 18.4 Å². The molecule has 1 aliphatic heterocycles. The summed E-state index contributed by atoms with van der Waals surface area (Å²) in [5, 5.41) is 1.88. The molecule has 2 rings (SSSR count). The van der Waals surface area contributed by atoms with Crippen LogP contribution in [0.5, 0.6) is 0 Å². The Morgan fingerprint density at radius 1 is 1.17 bits per heavy atom. The number of piperidine rings is 1. The molecule has 1 aromatic rings. The lowest BCUT2D eigenvalue weighted by Gasteiger charge is -2.31. The monoisotopic (exact) mass is 344 g/mol. The molecule has 1 saturated heterocycles. The van der Waals surface area contributed by atoms with Crippen molar-refractivity contribution in [2.75, 3.05) is 19.6 Å². The van der Waals surface area contributed by atoms with Crippen LogP contribution in [0.25, 0.3) is 0 Å². The molecule has 24 heavy (non-hydrogen) atoms. The number of carbonyl (C=O) groups excluding carboxylic acids is 2. The Kier molecular flexibility index (Phi) is 6.05. The molecule has 1 heterocycles. The van der Waals surface area contributed by atoms with E-state index in [2.05, 4.69) is 0 Å². The molecule has 1 aliphatic rings. The number of hydrogen-bond acceptors (Lipinski definition) is 3. The first-order chi connectivity index (χ1) is 11.4. The number of halogens is 3. The Hall–Kier alpha value is -2.25. The van der Waals surface area contributed by atoms with Crippen molar-refractivity contribution < 1.29 is 27.5 Å². The van der Waals surface area contributed by atoms with Crippen molar-refractivity contribution in [1.29, 1.82) is 0 Å². The highest BCUT2D eigenvalue weighted by Gasteiger charge is 2.38. The Morgan fingerprint density at radius 2 is 1.79 bits per heavy atom. The number of ether oxygens (including phenoxy) is 1. The van der Waals surface area contributed by atoms with Crippen LogP contribution in [0, 0.1) is 5.92 Å². The molecule has 0 bridgehead atoms. The molecule has 0 unspecified atom stereocenters. The van der Waals surface area contributed by atoms with E-state index in [9.17, 15) is 22.8 Å². The van der Waals surface area contributed by atoms with Crippen molar-refractivity contribution in [1.82, 2.24) is 10.2 Å². The number of nitrogens with zero attached hydrogens (tertiary/aromatic N) is 1. The number of rotatable bonds is 4. The summed E-state index contributed by atoms with van der Waals surface area (Å²) in [6.07, 6.45) is -4.24. The highest BCUT2D eigenvalue weighted by atomic mass is 19.4. The second-order valence-corrected chi connectivity index (χ2v) is 5.68. The van der Waals surface area contributed by atoms with Crippen LogP contribution in [0.4, 0.5) is 18.0 Å². The van der Waals surface area contributed by atoms with E-state index < -0.39 is 18.2 Å². The Balaban J connectivity index is 1.68. The molecule has 1 N–H and O–H groups in total. The summed E-state index contributed by atoms with van der Waals surface area (Å²) in [4.78, 5) is 24.3. The second kappa shape index (κ2) is 8.03. The minimum Gasteiger partial charge on any atom is -0.445 e. The number of likely N-dealkylation sites (tertiary alicyclic amines) is 1. The smallest absolute Gasteiger partial charge is 0.445 e. The van der Waals surface area contributed by atoms with Gasteiger partial charge in [-0.05, 0) is 24.3 Å². The zero-order chi connectivity index (χ0) is 17.6. The molecule has 0 atom stereocenters. The van der Waals surface area contributed by atoms with Gasteiger partial charge in [-0.15, -0.1) is 0 Å². The fourth-order valence-electron chi connectivity index (χ4n) is 2.47. The van der Waals surface area contributed by atoms with Crippen molar-refractivity contribution in [2.45, 2.75) is 25.6 Å². The maximum absolute atomic E-state index is 12.1. The quantitative estimate of drug-likeness (QED) is 0.914. The molecule has 5 nitrogen and oxygen atoms in total. The molecule has 0 aliphatic carbocycles. The lowest BCUT2D eigenvalue weighted by Crippen LogP contribution is -2.44. The fraction of sp³-hybridized carbons (Fsp3) is 0.500. The summed E-state index contributed by atoms with van der Waals surface area (Å²) in [7, 11) is 0. The topological polar surface area (TPSA) is 58.6 Å². The largest absolute Gasteiger partial charge is 0.471 e. The molecule has 0 radical (unpaired) electrons. The predicted molar refractivity (Wildman–Crippen MR) is 80.0 cm³/mol. The van der Waals surface area contributed by atoms with Gasteiger partial charge >= 0.3 is 18.2 Å². The van der Waals surface area contributed by atoms with Crippen molar-refractivity contribution in [3.63, 3.8) is 0 Å². The zero-order valence-corrected chi connectivity index (χ0v) is 13.0. The van der Waals surface area contributed by atoms with E-state index in [-0.39, 0.29) is 19.1 Å². The van der Waals surface area contributed by atoms with Crippen molar-refractivity contribution in [3.8, 4) is 0 Å². The van der Waals surface area contributed by atoms with E-state index in [0.29, 0.717) is 25.9 Å². The predicted octanol–water partition coefficient (Wildman–Crippen LogP) is 2.71. The molecule has 132 valence electrons. The highest BCUT2D eigenvalue weighted by molar-refractivity contribution is 5.81. The summed E-state index contributed by atoms with van der Waals surface area (Å²) in [6.45, 7) is 0.951. The van der Waals surface area contributed by atoms with E-state index in [1.807, 2.05) is 35.6 Å². The van der Waals surface area contributed by atoms with Gasteiger partial charge in [-0.1, -0.05) is 30.3 Å². The minimum atomic E-state index is -4.86. The van der Waals surface area contributed by atoms with Gasteiger partial charge in [0.2, 0.25) is 0 Å². The third-order valence-electron chi connectivity index (χ3n) is 3.89. The first-order valence-electron chi connectivity index (χ1n) is 7.67. The van der Waals surface area contributed by atoms with Crippen LogP contribution >= 0.6 is 0 Å². The van der Waals surface area contributed by atoms with E-state index in [1.54, 1.807) is 0 Å². The van der Waals surface area contributed by atoms with Crippen molar-refractivity contribution in [2.24, 2.45) is 5.92 Å². The van der Waals surface area contributed by atoms with Crippen molar-refractivity contribution >= 4 is 12.0 Å². The van der Waals surface area contributed by atoms with E-state index in [0.717, 1.165) is 5.56 Å². The van der Waals surface area contributed by atoms with Crippen LogP contribution in [0.2, 0.25) is 0 Å². The molecule has 0 saturated carbocycles. The van der Waals surface area contributed by atoms with E-state index >= 15 is 0 Å². The third-order valence-corrected chi connectivity index (χ3v) is 3.89. The maximum atomic E-state index is 12.1. The molecule has 1 fully saturated rings. The van der Waals surface area contributed by atoms with Gasteiger partial charge in [0.25, 0.3) is 0 Å². The minimum absolute atomic E-state index is 0.0365. The molecular formula is C16H19F3N2O3. The molecule has 1 aromatic carbocycles. The van der Waals surface area contributed by atoms with Crippen LogP contribution in [0.3, 0.4) is 0 Å². The Morgan fingerprint density at radius 3 is 2.38 bits per heavy atom. The number of carbonyl (C=O) groups is 2. The van der Waals surface area contributed by atoms with Crippen LogP contribution < -0.4 is 5.32 Å². The number of amides is 2. The number of benzene rings is 1. The van der Waals surface area contributed by atoms with Gasteiger partial charge in [-0.3, -0.25) is 4.79 Å². The lowest BCUT2D eigenvalue weighted by atomic mass is 9.97. The molecule has 8 heteroatoms. The maximum Gasteiger partial charge on any atom is 0.471 e. The van der Waals surface area contributed by atoms with Gasteiger partial charge in [-0.25, -0.2) is 4.79 Å². The van der Waals surface area contributed by atoms with Gasteiger partial charge in [0, 0.05) is 19.6 Å². The van der Waals surface area contributed by atoms with Gasteiger partial charge in [0.1, 0.15) is 6.61 Å². The number of hydrogen-bond donors (Lipinski definition) is 1. The highest BCUT2D eigenvalue weighted by Crippen LogP contribution is 2.19. The van der Waals surface area contributed by atoms with E-state index in [1.165, 1.54) is 4.90 Å². The molecule has 0 spiro atoms. The third kappa shape index (κ3) is 5.43. The average Bonchev–Trinajstić information content (AvgIpc) is 2.58. The molecule has 0 aromatic heterocycles. The molecular weight excluding hydrogens is 325 g/mol. The van der Waals surface area contributed by atoms with E-state index in [4.69, 9.17) is 4.74 Å². The van der Waals surface area contributed by atoms with Gasteiger partial charge < -0.3 is 15.0 Å². The summed E-state index contributed by atoms with van der Waals surface area (Å²) in [6, 6.07) is 9.27. The first kappa shape index (κ1) is 18.1. The SMILES string of the molecule is O=C(OCc1ccccc1)N1CCC(CNC(=O)C(F)(F)F)CC1. The van der Waals surface area contributed by atoms with Gasteiger partial charge in [0.05, 0.1) is 0 Å². The average molecular weight is 344 g/mol. The lowest BCUT2D eigenvalue weighted by molar-refractivity contribution is -0.173. The Labute approximate surface area is 137 Å². The van der Waals surface area contributed by atoms with Gasteiger partial charge in [-0.2, -0.15) is 13.2 Å². The Bertz CT molecular complexity index is 555. The molecule has 2 amide bonds. The number of nitrogens with one attached hydrogen (secondary N) is 1. The van der Waals surface area contributed by atoms with Gasteiger partial charge in [0.15, 0.2) is 0 Å². The normalized spacial score (nSPS) is 15.9. The summed E-state index contributed by atoms with van der Waals surface area (Å²) in [5.41, 5.74) is 0.885. The zero-order valence-electron chi connectivity index (χ0n) is 13.0. The number of alkyl halides is 3. The fourth-order valence-corrected chi connectivity index (χ4v) is 2.47. The standard InChI is InChI=1S/C16H19F3N2O3/c17-16(18,19)14(22)20-10-12-6-8-21(9-7-12)15(23)24-11-13-4-2-1-3-5-13/h1-5,12H,6-11H2,(H,20,22). The summed E-state index contributed by atoms with van der Waals surface area (Å²) >= 11 is 0.